The molecule has 0 spiro atoms. The Hall–Kier alpha value is -2.92. The second kappa shape index (κ2) is 5.70. The van der Waals surface area contributed by atoms with Crippen LogP contribution in [0.2, 0.25) is 5.02 Å². The van der Waals surface area contributed by atoms with Gasteiger partial charge in [-0.05, 0) is 24.3 Å². The smallest absolute Gasteiger partial charge is 0.186 e. The van der Waals surface area contributed by atoms with Crippen LogP contribution >= 0.6 is 11.6 Å². The number of H-pyrrole nitrogens is 1. The van der Waals surface area contributed by atoms with Gasteiger partial charge in [-0.25, -0.2) is 9.97 Å². The molecule has 0 amide bonds. The molecule has 2 N–H and O–H groups in total. The van der Waals surface area contributed by atoms with Gasteiger partial charge in [-0.15, -0.1) is 0 Å². The summed E-state index contributed by atoms with van der Waals surface area (Å²) >= 11 is 5.93. The number of rotatable bonds is 3. The lowest BCUT2D eigenvalue weighted by atomic mass is 10.1. The van der Waals surface area contributed by atoms with Crippen LogP contribution in [0.5, 0.6) is 0 Å². The number of benzene rings is 2. The van der Waals surface area contributed by atoms with Gasteiger partial charge in [0.1, 0.15) is 12.1 Å². The predicted octanol–water partition coefficient (Wildman–Crippen LogP) is 4.42. The molecule has 0 aliphatic carbocycles. The van der Waals surface area contributed by atoms with Crippen molar-refractivity contribution in [1.29, 1.82) is 0 Å². The Bertz CT molecular complexity index is 948. The van der Waals surface area contributed by atoms with Crippen LogP contribution in [0.25, 0.3) is 22.3 Å². The first-order chi connectivity index (χ1) is 11.3. The summed E-state index contributed by atoms with van der Waals surface area (Å²) in [5.74, 6) is 0.699. The van der Waals surface area contributed by atoms with Crippen molar-refractivity contribution >= 4 is 34.1 Å². The Morgan fingerprint density at radius 2 is 1.70 bits per heavy atom. The molecule has 0 aliphatic rings. The molecule has 0 bridgehead atoms. The van der Waals surface area contributed by atoms with Gasteiger partial charge < -0.3 is 5.32 Å². The van der Waals surface area contributed by atoms with Gasteiger partial charge in [-0.3, -0.25) is 5.10 Å². The summed E-state index contributed by atoms with van der Waals surface area (Å²) in [5, 5.41) is 12.2. The number of aromatic amines is 1. The minimum Gasteiger partial charge on any atom is -0.339 e. The van der Waals surface area contributed by atoms with E-state index in [4.69, 9.17) is 11.6 Å². The molecule has 0 atom stereocenters. The topological polar surface area (TPSA) is 66.5 Å². The summed E-state index contributed by atoms with van der Waals surface area (Å²) in [4.78, 5) is 8.60. The number of hydrogen-bond acceptors (Lipinski definition) is 4. The van der Waals surface area contributed by atoms with E-state index in [0.29, 0.717) is 16.5 Å². The van der Waals surface area contributed by atoms with E-state index in [9.17, 15) is 0 Å². The quantitative estimate of drug-likeness (QED) is 0.586. The normalized spacial score (nSPS) is 10.8. The summed E-state index contributed by atoms with van der Waals surface area (Å²) in [5.41, 5.74) is 3.44. The fourth-order valence-electron chi connectivity index (χ4n) is 2.43. The zero-order chi connectivity index (χ0) is 15.6. The second-order valence-corrected chi connectivity index (χ2v) is 5.45. The molecule has 0 radical (unpaired) electrons. The van der Waals surface area contributed by atoms with E-state index in [1.165, 1.54) is 6.33 Å². The Morgan fingerprint density at radius 3 is 2.48 bits per heavy atom. The molecule has 0 saturated carbocycles. The molecule has 6 heteroatoms. The number of fused-ring (bicyclic) bond motifs is 1. The van der Waals surface area contributed by atoms with E-state index in [1.54, 1.807) is 0 Å². The molecule has 0 saturated heterocycles. The summed E-state index contributed by atoms with van der Waals surface area (Å²) in [7, 11) is 0. The average Bonchev–Trinajstić information content (AvgIpc) is 3.03. The summed E-state index contributed by atoms with van der Waals surface area (Å²) in [6, 6.07) is 17.4. The lowest BCUT2D eigenvalue weighted by Crippen LogP contribution is -1.95. The number of anilines is 2. The van der Waals surface area contributed by atoms with E-state index in [-0.39, 0.29) is 0 Å². The third-order valence-corrected chi connectivity index (χ3v) is 3.77. The van der Waals surface area contributed by atoms with Crippen molar-refractivity contribution in [2.75, 3.05) is 5.32 Å². The predicted molar refractivity (Wildman–Crippen MR) is 91.9 cm³/mol. The first-order valence-electron chi connectivity index (χ1n) is 7.08. The molecule has 2 heterocycles. The van der Waals surface area contributed by atoms with Crippen LogP contribution < -0.4 is 5.32 Å². The molecule has 4 aromatic rings. The highest BCUT2D eigenvalue weighted by atomic mass is 35.5. The maximum Gasteiger partial charge on any atom is 0.186 e. The van der Waals surface area contributed by atoms with Gasteiger partial charge in [0.15, 0.2) is 5.65 Å². The first-order valence-corrected chi connectivity index (χ1v) is 7.46. The summed E-state index contributed by atoms with van der Waals surface area (Å²) < 4.78 is 0. The Morgan fingerprint density at radius 1 is 0.913 bits per heavy atom. The number of hydrogen-bond donors (Lipinski definition) is 2. The highest BCUT2D eigenvalue weighted by molar-refractivity contribution is 6.30. The Kier molecular flexibility index (Phi) is 3.40. The minimum atomic E-state index is 0.621. The fourth-order valence-corrected chi connectivity index (χ4v) is 2.56. The summed E-state index contributed by atoms with van der Waals surface area (Å²) in [6.07, 6.45) is 1.50. The molecule has 2 aromatic carbocycles. The first kappa shape index (κ1) is 13.7. The standard InChI is InChI=1S/C17H12ClN5/c18-12-6-8-13(9-7-12)21-16-14-15(11-4-2-1-3-5-11)22-23-17(14)20-10-19-16/h1-10H,(H2,19,20,21,22,23). The average molecular weight is 322 g/mol. The van der Waals surface area contributed by atoms with Crippen molar-refractivity contribution in [3.63, 3.8) is 0 Å². The fraction of sp³-hybridized carbons (Fsp3) is 0. The number of aromatic nitrogens is 4. The minimum absolute atomic E-state index is 0.621. The number of halogens is 1. The van der Waals surface area contributed by atoms with E-state index in [1.807, 2.05) is 54.6 Å². The van der Waals surface area contributed by atoms with Gasteiger partial charge in [-0.1, -0.05) is 41.9 Å². The van der Waals surface area contributed by atoms with Crippen molar-refractivity contribution < 1.29 is 0 Å². The zero-order valence-electron chi connectivity index (χ0n) is 12.0. The molecule has 0 aliphatic heterocycles. The number of nitrogens with one attached hydrogen (secondary N) is 2. The summed E-state index contributed by atoms with van der Waals surface area (Å²) in [6.45, 7) is 0. The molecule has 5 nitrogen and oxygen atoms in total. The third kappa shape index (κ3) is 2.62. The van der Waals surface area contributed by atoms with Gasteiger partial charge in [0.25, 0.3) is 0 Å². The van der Waals surface area contributed by atoms with Crippen molar-refractivity contribution in [2.24, 2.45) is 0 Å². The van der Waals surface area contributed by atoms with Gasteiger partial charge in [0.2, 0.25) is 0 Å². The lowest BCUT2D eigenvalue weighted by molar-refractivity contribution is 1.09. The van der Waals surface area contributed by atoms with Crippen molar-refractivity contribution in [3.05, 3.63) is 65.9 Å². The van der Waals surface area contributed by atoms with E-state index < -0.39 is 0 Å². The molecule has 2 aromatic heterocycles. The van der Waals surface area contributed by atoms with Crippen LogP contribution in [0.1, 0.15) is 0 Å². The monoisotopic (exact) mass is 321 g/mol. The molecule has 23 heavy (non-hydrogen) atoms. The van der Waals surface area contributed by atoms with Crippen molar-refractivity contribution in [1.82, 2.24) is 20.2 Å². The largest absolute Gasteiger partial charge is 0.339 e. The van der Waals surface area contributed by atoms with Crippen LogP contribution in [0.3, 0.4) is 0 Å². The zero-order valence-corrected chi connectivity index (χ0v) is 12.7. The molecule has 0 unspecified atom stereocenters. The molecular formula is C17H12ClN5. The molecule has 0 fully saturated rings. The maximum absolute atomic E-state index is 5.93. The van der Waals surface area contributed by atoms with E-state index in [0.717, 1.165) is 22.3 Å². The van der Waals surface area contributed by atoms with Crippen LogP contribution in [0, 0.1) is 0 Å². The second-order valence-electron chi connectivity index (χ2n) is 5.02. The maximum atomic E-state index is 5.93. The lowest BCUT2D eigenvalue weighted by Gasteiger charge is -2.07. The van der Waals surface area contributed by atoms with Crippen LogP contribution in [-0.4, -0.2) is 20.2 Å². The van der Waals surface area contributed by atoms with Crippen molar-refractivity contribution in [2.45, 2.75) is 0 Å². The molecule has 112 valence electrons. The van der Waals surface area contributed by atoms with Crippen LogP contribution in [0.15, 0.2) is 60.9 Å². The highest BCUT2D eigenvalue weighted by Gasteiger charge is 2.14. The molecular weight excluding hydrogens is 310 g/mol. The Balaban J connectivity index is 1.83. The van der Waals surface area contributed by atoms with E-state index in [2.05, 4.69) is 25.5 Å². The van der Waals surface area contributed by atoms with Gasteiger partial charge in [0.05, 0.1) is 11.1 Å². The van der Waals surface area contributed by atoms with Crippen LogP contribution in [0.4, 0.5) is 11.5 Å². The molecule has 4 rings (SSSR count). The van der Waals surface area contributed by atoms with E-state index >= 15 is 0 Å². The van der Waals surface area contributed by atoms with Crippen molar-refractivity contribution in [3.8, 4) is 11.3 Å². The van der Waals surface area contributed by atoms with Gasteiger partial charge in [0, 0.05) is 16.3 Å². The third-order valence-electron chi connectivity index (χ3n) is 3.52. The highest BCUT2D eigenvalue weighted by Crippen LogP contribution is 2.31. The van der Waals surface area contributed by atoms with Gasteiger partial charge >= 0.3 is 0 Å². The van der Waals surface area contributed by atoms with Crippen LogP contribution in [-0.2, 0) is 0 Å². The Labute approximate surface area is 137 Å². The van der Waals surface area contributed by atoms with Gasteiger partial charge in [-0.2, -0.15) is 5.10 Å². The number of nitrogens with zero attached hydrogens (tertiary/aromatic N) is 3. The SMILES string of the molecule is Clc1ccc(Nc2ncnc3n[nH]c(-c4ccccc4)c23)cc1.